The van der Waals surface area contributed by atoms with Crippen molar-refractivity contribution in [2.45, 2.75) is 66.2 Å². The van der Waals surface area contributed by atoms with Crippen molar-refractivity contribution in [2.75, 3.05) is 0 Å². The fraction of sp³-hybridized carbons (Fsp3) is 1.00. The van der Waals surface area contributed by atoms with Gasteiger partial charge in [0.1, 0.15) is 0 Å². The van der Waals surface area contributed by atoms with E-state index >= 15 is 0 Å². The molecule has 2 unspecified atom stereocenters. The maximum absolute atomic E-state index is 2.50. The second kappa shape index (κ2) is 4.48. The third-order valence-corrected chi connectivity index (χ3v) is 4.75. The first-order chi connectivity index (χ1) is 6.20. The van der Waals surface area contributed by atoms with Crippen LogP contribution in [0.3, 0.4) is 0 Å². The Morgan fingerprint density at radius 3 is 2.15 bits per heavy atom. The van der Waals surface area contributed by atoms with Gasteiger partial charge in [0.05, 0.1) is 0 Å². The first-order valence-corrected chi connectivity index (χ1v) is 6.20. The fourth-order valence-corrected chi connectivity index (χ4v) is 3.46. The molecule has 13 heavy (non-hydrogen) atoms. The Labute approximate surface area is 84.1 Å². The molecule has 0 amide bonds. The van der Waals surface area contributed by atoms with Gasteiger partial charge in [0.25, 0.3) is 0 Å². The predicted octanol–water partition coefficient (Wildman–Crippen LogP) is 4.64. The molecule has 0 spiro atoms. The molecule has 0 aromatic rings. The summed E-state index contributed by atoms with van der Waals surface area (Å²) < 4.78 is 0. The van der Waals surface area contributed by atoms with Gasteiger partial charge in [0.2, 0.25) is 0 Å². The highest BCUT2D eigenvalue weighted by Gasteiger charge is 2.42. The van der Waals surface area contributed by atoms with Crippen LogP contribution in [-0.4, -0.2) is 0 Å². The molecule has 0 heterocycles. The van der Waals surface area contributed by atoms with Gasteiger partial charge in [-0.15, -0.1) is 0 Å². The molecule has 0 heteroatoms. The Morgan fingerprint density at radius 2 is 1.77 bits per heavy atom. The molecule has 1 rings (SSSR count). The van der Waals surface area contributed by atoms with Gasteiger partial charge in [-0.2, -0.15) is 0 Å². The van der Waals surface area contributed by atoms with Crippen LogP contribution in [0.4, 0.5) is 0 Å². The van der Waals surface area contributed by atoms with E-state index in [4.69, 9.17) is 0 Å². The Hall–Kier alpha value is 0. The summed E-state index contributed by atoms with van der Waals surface area (Å²) in [4.78, 5) is 0. The lowest BCUT2D eigenvalue weighted by molar-refractivity contribution is 0.165. The molecule has 0 saturated heterocycles. The highest BCUT2D eigenvalue weighted by atomic mass is 14.5. The van der Waals surface area contributed by atoms with Crippen LogP contribution in [0, 0.1) is 17.3 Å². The van der Waals surface area contributed by atoms with Gasteiger partial charge >= 0.3 is 0 Å². The Kier molecular flexibility index (Phi) is 3.82. The number of hydrogen-bond acceptors (Lipinski definition) is 0. The molecule has 1 fully saturated rings. The first kappa shape index (κ1) is 11.1. The molecule has 1 saturated carbocycles. The molecule has 0 aromatic carbocycles. The Balaban J connectivity index is 2.61. The first-order valence-electron chi connectivity index (χ1n) is 6.20. The molecule has 2 atom stereocenters. The minimum atomic E-state index is 0.708. The van der Waals surface area contributed by atoms with Crippen LogP contribution < -0.4 is 0 Å². The van der Waals surface area contributed by atoms with Crippen molar-refractivity contribution in [3.05, 3.63) is 0 Å². The highest BCUT2D eigenvalue weighted by molar-refractivity contribution is 4.92. The zero-order valence-corrected chi connectivity index (χ0v) is 9.90. The van der Waals surface area contributed by atoms with E-state index in [-0.39, 0.29) is 0 Å². The van der Waals surface area contributed by atoms with Crippen molar-refractivity contribution >= 4 is 0 Å². The molecule has 1 aliphatic rings. The summed E-state index contributed by atoms with van der Waals surface area (Å²) in [6.45, 7) is 9.59. The van der Waals surface area contributed by atoms with E-state index in [1.54, 1.807) is 0 Å². The van der Waals surface area contributed by atoms with E-state index in [1.165, 1.54) is 38.5 Å². The average Bonchev–Trinajstić information content (AvgIpc) is 2.46. The van der Waals surface area contributed by atoms with Crippen LogP contribution in [0.5, 0.6) is 0 Å². The van der Waals surface area contributed by atoms with Crippen LogP contribution in [0.2, 0.25) is 0 Å². The van der Waals surface area contributed by atoms with E-state index in [2.05, 4.69) is 27.7 Å². The molecule has 0 radical (unpaired) electrons. The van der Waals surface area contributed by atoms with Crippen molar-refractivity contribution in [1.82, 2.24) is 0 Å². The zero-order valence-electron chi connectivity index (χ0n) is 9.90. The minimum Gasteiger partial charge on any atom is -0.0654 e. The van der Waals surface area contributed by atoms with E-state index in [9.17, 15) is 0 Å². The summed E-state index contributed by atoms with van der Waals surface area (Å²) in [5, 5.41) is 0. The largest absolute Gasteiger partial charge is 0.0654 e. The standard InChI is InChI=1S/C13H26/c1-5-8-12-9-10-13(6-2,7-3)11(12)4/h11-12H,5-10H2,1-4H3. The molecular formula is C13H26. The monoisotopic (exact) mass is 182 g/mol. The minimum absolute atomic E-state index is 0.708. The summed E-state index contributed by atoms with van der Waals surface area (Å²) >= 11 is 0. The quantitative estimate of drug-likeness (QED) is 0.594. The zero-order chi connectivity index (χ0) is 9.90. The average molecular weight is 182 g/mol. The van der Waals surface area contributed by atoms with Gasteiger partial charge in [-0.05, 0) is 30.1 Å². The molecular weight excluding hydrogens is 156 g/mol. The van der Waals surface area contributed by atoms with Gasteiger partial charge < -0.3 is 0 Å². The van der Waals surface area contributed by atoms with Gasteiger partial charge in [0.15, 0.2) is 0 Å². The fourth-order valence-electron chi connectivity index (χ4n) is 3.46. The maximum Gasteiger partial charge on any atom is -0.0274 e. The van der Waals surface area contributed by atoms with Crippen molar-refractivity contribution in [2.24, 2.45) is 17.3 Å². The molecule has 0 nitrogen and oxygen atoms in total. The second-order valence-corrected chi connectivity index (χ2v) is 4.95. The van der Waals surface area contributed by atoms with Crippen LogP contribution in [0.1, 0.15) is 66.2 Å². The van der Waals surface area contributed by atoms with E-state index < -0.39 is 0 Å². The molecule has 78 valence electrons. The van der Waals surface area contributed by atoms with Crippen molar-refractivity contribution in [3.8, 4) is 0 Å². The normalized spacial score (nSPS) is 32.3. The molecule has 1 aliphatic carbocycles. The number of hydrogen-bond donors (Lipinski definition) is 0. The van der Waals surface area contributed by atoms with Gasteiger partial charge in [-0.1, -0.05) is 53.4 Å². The lowest BCUT2D eigenvalue weighted by Gasteiger charge is -2.33. The highest BCUT2D eigenvalue weighted by Crippen LogP contribution is 2.52. The summed E-state index contributed by atoms with van der Waals surface area (Å²) in [6.07, 6.45) is 8.61. The van der Waals surface area contributed by atoms with Crippen LogP contribution in [-0.2, 0) is 0 Å². The predicted molar refractivity (Wildman–Crippen MR) is 59.8 cm³/mol. The van der Waals surface area contributed by atoms with Crippen LogP contribution >= 0.6 is 0 Å². The molecule has 0 bridgehead atoms. The van der Waals surface area contributed by atoms with E-state index in [0.717, 1.165) is 11.8 Å². The number of rotatable bonds is 4. The third kappa shape index (κ3) is 1.92. The summed E-state index contributed by atoms with van der Waals surface area (Å²) in [6, 6.07) is 0. The summed E-state index contributed by atoms with van der Waals surface area (Å²) in [5.41, 5.74) is 0.708. The van der Waals surface area contributed by atoms with Crippen LogP contribution in [0.25, 0.3) is 0 Å². The second-order valence-electron chi connectivity index (χ2n) is 4.95. The van der Waals surface area contributed by atoms with Gasteiger partial charge in [-0.3, -0.25) is 0 Å². The van der Waals surface area contributed by atoms with Crippen LogP contribution in [0.15, 0.2) is 0 Å². The summed E-state index contributed by atoms with van der Waals surface area (Å²) in [5.74, 6) is 2.01. The van der Waals surface area contributed by atoms with E-state index in [1.807, 2.05) is 0 Å². The third-order valence-electron chi connectivity index (χ3n) is 4.75. The molecule has 0 N–H and O–H groups in total. The SMILES string of the molecule is CCCC1CCC(CC)(CC)C1C. The Bertz CT molecular complexity index is 144. The summed E-state index contributed by atoms with van der Waals surface area (Å²) in [7, 11) is 0. The lowest BCUT2D eigenvalue weighted by Crippen LogP contribution is -2.24. The molecule has 0 aromatic heterocycles. The van der Waals surface area contributed by atoms with Gasteiger partial charge in [-0.25, -0.2) is 0 Å². The Morgan fingerprint density at radius 1 is 1.15 bits per heavy atom. The molecule has 0 aliphatic heterocycles. The van der Waals surface area contributed by atoms with Crippen molar-refractivity contribution in [1.29, 1.82) is 0 Å². The van der Waals surface area contributed by atoms with Crippen molar-refractivity contribution < 1.29 is 0 Å². The maximum atomic E-state index is 2.50. The van der Waals surface area contributed by atoms with Crippen molar-refractivity contribution in [3.63, 3.8) is 0 Å². The topological polar surface area (TPSA) is 0 Å². The van der Waals surface area contributed by atoms with E-state index in [0.29, 0.717) is 5.41 Å². The van der Waals surface area contributed by atoms with Gasteiger partial charge in [0, 0.05) is 0 Å². The lowest BCUT2D eigenvalue weighted by atomic mass is 9.72. The smallest absolute Gasteiger partial charge is 0.0274 e.